The SMILES string of the molecule is CC(O)(/C=C\c1ccc2c(c1)OCO2)CN1CCOCC1. The van der Waals surface area contributed by atoms with Gasteiger partial charge in [0.25, 0.3) is 0 Å². The van der Waals surface area contributed by atoms with Gasteiger partial charge in [-0.25, -0.2) is 0 Å². The molecule has 114 valence electrons. The number of hydrogen-bond donors (Lipinski definition) is 1. The van der Waals surface area contributed by atoms with E-state index in [1.54, 1.807) is 0 Å². The van der Waals surface area contributed by atoms with Crippen molar-refractivity contribution < 1.29 is 19.3 Å². The van der Waals surface area contributed by atoms with Crippen LogP contribution in [-0.2, 0) is 4.74 Å². The zero-order valence-corrected chi connectivity index (χ0v) is 12.2. The van der Waals surface area contributed by atoms with Crippen LogP contribution in [0.5, 0.6) is 11.5 Å². The highest BCUT2D eigenvalue weighted by atomic mass is 16.7. The predicted molar refractivity (Wildman–Crippen MR) is 79.5 cm³/mol. The average molecular weight is 291 g/mol. The molecule has 21 heavy (non-hydrogen) atoms. The number of nitrogens with zero attached hydrogens (tertiary/aromatic N) is 1. The molecule has 5 heteroatoms. The lowest BCUT2D eigenvalue weighted by molar-refractivity contribution is -0.00217. The number of rotatable bonds is 4. The van der Waals surface area contributed by atoms with Gasteiger partial charge < -0.3 is 19.3 Å². The van der Waals surface area contributed by atoms with Gasteiger partial charge in [0.1, 0.15) is 0 Å². The Bertz CT molecular complexity index is 521. The summed E-state index contributed by atoms with van der Waals surface area (Å²) >= 11 is 0. The van der Waals surface area contributed by atoms with Crippen LogP contribution in [0, 0.1) is 0 Å². The van der Waals surface area contributed by atoms with E-state index < -0.39 is 5.60 Å². The largest absolute Gasteiger partial charge is 0.454 e. The summed E-state index contributed by atoms with van der Waals surface area (Å²) in [6, 6.07) is 5.76. The van der Waals surface area contributed by atoms with Gasteiger partial charge in [-0.1, -0.05) is 18.2 Å². The molecule has 0 aromatic heterocycles. The Balaban J connectivity index is 1.63. The number of β-amino-alcohol motifs (C(OH)–C–C–N with tert-alkyl or cyclic N) is 1. The number of ether oxygens (including phenoxy) is 3. The number of morpholine rings is 1. The van der Waals surface area contributed by atoms with Crippen LogP contribution in [0.4, 0.5) is 0 Å². The first-order valence-electron chi connectivity index (χ1n) is 7.24. The van der Waals surface area contributed by atoms with Crippen molar-refractivity contribution in [3.63, 3.8) is 0 Å². The molecule has 1 unspecified atom stereocenters. The molecule has 1 atom stereocenters. The lowest BCUT2D eigenvalue weighted by atomic mass is 10.0. The van der Waals surface area contributed by atoms with Gasteiger partial charge in [0, 0.05) is 19.6 Å². The summed E-state index contributed by atoms with van der Waals surface area (Å²) in [6.45, 7) is 5.92. The summed E-state index contributed by atoms with van der Waals surface area (Å²) in [5, 5.41) is 10.5. The van der Waals surface area contributed by atoms with Gasteiger partial charge in [-0.05, 0) is 24.6 Å². The lowest BCUT2D eigenvalue weighted by Gasteiger charge is -2.32. The van der Waals surface area contributed by atoms with Crippen molar-refractivity contribution in [2.75, 3.05) is 39.6 Å². The summed E-state index contributed by atoms with van der Waals surface area (Å²) < 4.78 is 16.0. The maximum atomic E-state index is 10.5. The van der Waals surface area contributed by atoms with Gasteiger partial charge in [-0.3, -0.25) is 4.90 Å². The Morgan fingerprint density at radius 1 is 1.24 bits per heavy atom. The molecular formula is C16H21NO4. The number of benzene rings is 1. The first-order chi connectivity index (χ1) is 10.1. The minimum Gasteiger partial charge on any atom is -0.454 e. The van der Waals surface area contributed by atoms with Gasteiger partial charge in [0.15, 0.2) is 11.5 Å². The molecule has 3 rings (SSSR count). The highest BCUT2D eigenvalue weighted by Crippen LogP contribution is 2.33. The van der Waals surface area contributed by atoms with Crippen LogP contribution in [0.1, 0.15) is 12.5 Å². The highest BCUT2D eigenvalue weighted by molar-refractivity contribution is 5.57. The summed E-state index contributed by atoms with van der Waals surface area (Å²) in [5.41, 5.74) is 0.120. The third kappa shape index (κ3) is 3.75. The molecule has 5 nitrogen and oxygen atoms in total. The van der Waals surface area contributed by atoms with Crippen LogP contribution >= 0.6 is 0 Å². The summed E-state index contributed by atoms with van der Waals surface area (Å²) in [7, 11) is 0. The zero-order valence-electron chi connectivity index (χ0n) is 12.2. The fourth-order valence-electron chi connectivity index (χ4n) is 2.56. The van der Waals surface area contributed by atoms with E-state index in [1.165, 1.54) is 0 Å². The van der Waals surface area contributed by atoms with E-state index >= 15 is 0 Å². The van der Waals surface area contributed by atoms with Crippen molar-refractivity contribution in [2.24, 2.45) is 0 Å². The Kier molecular flexibility index (Phi) is 4.14. The highest BCUT2D eigenvalue weighted by Gasteiger charge is 2.22. The molecule has 2 aliphatic rings. The zero-order chi connectivity index (χ0) is 14.7. The third-order valence-electron chi connectivity index (χ3n) is 3.68. The van der Waals surface area contributed by atoms with Gasteiger partial charge in [-0.2, -0.15) is 0 Å². The summed E-state index contributed by atoms with van der Waals surface area (Å²) in [6.07, 6.45) is 3.75. The Hall–Kier alpha value is -1.56. The number of hydrogen-bond acceptors (Lipinski definition) is 5. The van der Waals surface area contributed by atoms with Gasteiger partial charge in [0.05, 0.1) is 18.8 Å². The van der Waals surface area contributed by atoms with Crippen LogP contribution in [0.15, 0.2) is 24.3 Å². The van der Waals surface area contributed by atoms with E-state index in [0.29, 0.717) is 6.54 Å². The van der Waals surface area contributed by atoms with E-state index in [1.807, 2.05) is 37.3 Å². The molecule has 0 radical (unpaired) electrons. The van der Waals surface area contributed by atoms with Crippen molar-refractivity contribution in [2.45, 2.75) is 12.5 Å². The summed E-state index contributed by atoms with van der Waals surface area (Å²) in [5.74, 6) is 1.53. The maximum Gasteiger partial charge on any atom is 0.231 e. The molecule has 0 aliphatic carbocycles. The Labute approximate surface area is 124 Å². The smallest absolute Gasteiger partial charge is 0.231 e. The molecule has 0 bridgehead atoms. The first-order valence-corrected chi connectivity index (χ1v) is 7.24. The topological polar surface area (TPSA) is 51.2 Å². The Morgan fingerprint density at radius 3 is 2.81 bits per heavy atom. The fourth-order valence-corrected chi connectivity index (χ4v) is 2.56. The first kappa shape index (κ1) is 14.4. The Morgan fingerprint density at radius 2 is 2.00 bits per heavy atom. The molecule has 2 heterocycles. The van der Waals surface area contributed by atoms with Crippen LogP contribution in [0.3, 0.4) is 0 Å². The second-order valence-corrected chi connectivity index (χ2v) is 5.69. The number of aliphatic hydroxyl groups is 1. The quantitative estimate of drug-likeness (QED) is 0.911. The summed E-state index contributed by atoms with van der Waals surface area (Å²) in [4.78, 5) is 2.22. The van der Waals surface area contributed by atoms with Gasteiger partial charge in [-0.15, -0.1) is 0 Å². The van der Waals surface area contributed by atoms with Crippen molar-refractivity contribution >= 4 is 6.08 Å². The monoisotopic (exact) mass is 291 g/mol. The molecule has 0 saturated carbocycles. The van der Waals surface area contributed by atoms with Crippen LogP contribution < -0.4 is 9.47 Å². The standard InChI is InChI=1S/C16H21NO4/c1-16(18,11-17-6-8-19-9-7-17)5-4-13-2-3-14-15(10-13)21-12-20-14/h2-5,10,18H,6-9,11-12H2,1H3/b5-4-. The molecule has 0 amide bonds. The normalized spacial score (nSPS) is 21.6. The molecule has 2 aliphatic heterocycles. The molecular weight excluding hydrogens is 270 g/mol. The minimum absolute atomic E-state index is 0.275. The van der Waals surface area contributed by atoms with Crippen LogP contribution in [0.25, 0.3) is 6.08 Å². The minimum atomic E-state index is -0.867. The van der Waals surface area contributed by atoms with Crippen molar-refractivity contribution in [3.05, 3.63) is 29.8 Å². The maximum absolute atomic E-state index is 10.5. The van der Waals surface area contributed by atoms with Crippen molar-refractivity contribution in [3.8, 4) is 11.5 Å². The van der Waals surface area contributed by atoms with Crippen LogP contribution in [0.2, 0.25) is 0 Å². The van der Waals surface area contributed by atoms with Crippen molar-refractivity contribution in [1.29, 1.82) is 0 Å². The molecule has 1 saturated heterocycles. The molecule has 0 spiro atoms. The molecule has 1 fully saturated rings. The molecule has 1 aromatic carbocycles. The third-order valence-corrected chi connectivity index (χ3v) is 3.68. The van der Waals surface area contributed by atoms with Gasteiger partial charge >= 0.3 is 0 Å². The molecule has 1 N–H and O–H groups in total. The number of fused-ring (bicyclic) bond motifs is 1. The van der Waals surface area contributed by atoms with E-state index in [2.05, 4.69) is 4.90 Å². The second-order valence-electron chi connectivity index (χ2n) is 5.69. The van der Waals surface area contributed by atoms with Gasteiger partial charge in [0.2, 0.25) is 6.79 Å². The second kappa shape index (κ2) is 6.05. The van der Waals surface area contributed by atoms with E-state index in [0.717, 1.165) is 43.4 Å². The van der Waals surface area contributed by atoms with Crippen LogP contribution in [-0.4, -0.2) is 55.2 Å². The average Bonchev–Trinajstić information content (AvgIpc) is 2.93. The predicted octanol–water partition coefficient (Wildman–Crippen LogP) is 1.51. The fraction of sp³-hybridized carbons (Fsp3) is 0.500. The van der Waals surface area contributed by atoms with E-state index in [-0.39, 0.29) is 6.79 Å². The van der Waals surface area contributed by atoms with Crippen molar-refractivity contribution in [1.82, 2.24) is 4.90 Å². The molecule has 1 aromatic rings. The van der Waals surface area contributed by atoms with E-state index in [9.17, 15) is 5.11 Å². The lowest BCUT2D eigenvalue weighted by Crippen LogP contribution is -2.45. The van der Waals surface area contributed by atoms with E-state index in [4.69, 9.17) is 14.2 Å².